The Morgan fingerprint density at radius 3 is 2.54 bits per heavy atom. The molecule has 2 fully saturated rings. The largest absolute Gasteiger partial charge is 0.351 e. The van der Waals surface area contributed by atoms with Crippen molar-refractivity contribution in [3.8, 4) is 0 Å². The summed E-state index contributed by atoms with van der Waals surface area (Å²) in [4.78, 5) is 16.3. The highest BCUT2D eigenvalue weighted by molar-refractivity contribution is 7.93. The summed E-state index contributed by atoms with van der Waals surface area (Å²) in [6, 6.07) is 0. The molecular formula is C17H26N2O3S2. The van der Waals surface area contributed by atoms with Crippen molar-refractivity contribution in [3.05, 3.63) is 11.1 Å². The molecule has 2 aliphatic rings. The molecule has 5 nitrogen and oxygen atoms in total. The normalized spacial score (nSPS) is 26.0. The molecule has 1 N–H and O–H groups in total. The second-order valence-corrected chi connectivity index (χ2v) is 10.5. The third-order valence-corrected chi connectivity index (χ3v) is 8.83. The Morgan fingerprint density at radius 2 is 1.92 bits per heavy atom. The molecule has 0 unspecified atom stereocenters. The van der Waals surface area contributed by atoms with Crippen molar-refractivity contribution < 1.29 is 13.2 Å². The number of carbonyl (C=O) groups is 1. The van der Waals surface area contributed by atoms with Crippen LogP contribution in [0.2, 0.25) is 0 Å². The Labute approximate surface area is 148 Å². The number of aromatic nitrogens is 1. The van der Waals surface area contributed by atoms with Gasteiger partial charge in [-0.25, -0.2) is 13.4 Å². The SMILES string of the molecule is CCS(=O)(=O)c1ncc(C(=O)NCCCCC2C3CCC2CC3)s1. The molecule has 1 aromatic rings. The predicted molar refractivity (Wildman–Crippen MR) is 95.0 cm³/mol. The zero-order valence-corrected chi connectivity index (χ0v) is 15.8. The van der Waals surface area contributed by atoms with Crippen LogP contribution >= 0.6 is 11.3 Å². The molecule has 7 heteroatoms. The summed E-state index contributed by atoms with van der Waals surface area (Å²) in [6.45, 7) is 2.22. The average molecular weight is 371 g/mol. The molecule has 2 saturated carbocycles. The van der Waals surface area contributed by atoms with Gasteiger partial charge in [0.05, 0.1) is 11.9 Å². The highest BCUT2D eigenvalue weighted by atomic mass is 32.2. The van der Waals surface area contributed by atoms with Crippen LogP contribution in [-0.4, -0.2) is 31.6 Å². The molecule has 2 bridgehead atoms. The number of fused-ring (bicyclic) bond motifs is 2. The number of hydrogen-bond acceptors (Lipinski definition) is 5. The molecule has 3 rings (SSSR count). The molecule has 0 spiro atoms. The molecule has 1 aromatic heterocycles. The summed E-state index contributed by atoms with van der Waals surface area (Å²) in [5, 5.41) is 2.88. The number of sulfone groups is 1. The van der Waals surface area contributed by atoms with Gasteiger partial charge in [-0.1, -0.05) is 24.7 Å². The van der Waals surface area contributed by atoms with Crippen molar-refractivity contribution >= 4 is 27.1 Å². The lowest BCUT2D eigenvalue weighted by atomic mass is 9.92. The minimum absolute atomic E-state index is 0.00469. The van der Waals surface area contributed by atoms with E-state index in [0.29, 0.717) is 11.4 Å². The van der Waals surface area contributed by atoms with Gasteiger partial charge in [0.15, 0.2) is 0 Å². The van der Waals surface area contributed by atoms with Crippen molar-refractivity contribution in [1.29, 1.82) is 0 Å². The Bertz CT molecular complexity index is 664. The van der Waals surface area contributed by atoms with E-state index in [4.69, 9.17) is 0 Å². The van der Waals surface area contributed by atoms with Crippen LogP contribution in [0.3, 0.4) is 0 Å². The van der Waals surface area contributed by atoms with Crippen LogP contribution < -0.4 is 5.32 Å². The maximum atomic E-state index is 12.1. The van der Waals surface area contributed by atoms with Gasteiger partial charge in [0, 0.05) is 6.54 Å². The molecule has 0 aromatic carbocycles. The van der Waals surface area contributed by atoms with Gasteiger partial charge in [-0.05, 0) is 56.3 Å². The number of rotatable bonds is 8. The van der Waals surface area contributed by atoms with Gasteiger partial charge in [-0.15, -0.1) is 0 Å². The van der Waals surface area contributed by atoms with Crippen molar-refractivity contribution in [2.24, 2.45) is 17.8 Å². The minimum Gasteiger partial charge on any atom is -0.351 e. The zero-order chi connectivity index (χ0) is 17.2. The topological polar surface area (TPSA) is 76.1 Å². The number of thiazole rings is 1. The number of unbranched alkanes of at least 4 members (excludes halogenated alkanes) is 1. The molecule has 0 saturated heterocycles. The fraction of sp³-hybridized carbons (Fsp3) is 0.765. The van der Waals surface area contributed by atoms with E-state index in [1.165, 1.54) is 38.3 Å². The Kier molecular flexibility index (Phi) is 5.59. The second kappa shape index (κ2) is 7.52. The summed E-state index contributed by atoms with van der Waals surface area (Å²) in [5.41, 5.74) is 0. The Morgan fingerprint density at radius 1 is 1.25 bits per heavy atom. The van der Waals surface area contributed by atoms with Crippen molar-refractivity contribution in [1.82, 2.24) is 10.3 Å². The number of amides is 1. The summed E-state index contributed by atoms with van der Waals surface area (Å²) in [6.07, 6.45) is 10.5. The molecule has 0 aliphatic heterocycles. The van der Waals surface area contributed by atoms with Gasteiger partial charge < -0.3 is 5.32 Å². The monoisotopic (exact) mass is 370 g/mol. The van der Waals surface area contributed by atoms with Gasteiger partial charge >= 0.3 is 0 Å². The first-order valence-electron chi connectivity index (χ1n) is 8.98. The van der Waals surface area contributed by atoms with E-state index in [2.05, 4.69) is 10.3 Å². The van der Waals surface area contributed by atoms with Gasteiger partial charge in [-0.2, -0.15) is 0 Å². The number of hydrogen-bond donors (Lipinski definition) is 1. The van der Waals surface area contributed by atoms with Crippen LogP contribution in [0.5, 0.6) is 0 Å². The van der Waals surface area contributed by atoms with E-state index in [1.807, 2.05) is 0 Å². The summed E-state index contributed by atoms with van der Waals surface area (Å²) in [7, 11) is -3.33. The lowest BCUT2D eigenvalue weighted by Gasteiger charge is -2.14. The molecule has 134 valence electrons. The van der Waals surface area contributed by atoms with Crippen LogP contribution in [0.1, 0.15) is 61.5 Å². The highest BCUT2D eigenvalue weighted by Gasteiger charge is 2.40. The van der Waals surface area contributed by atoms with Crippen molar-refractivity contribution in [2.75, 3.05) is 12.3 Å². The third kappa shape index (κ3) is 3.82. The first-order chi connectivity index (χ1) is 11.5. The van der Waals surface area contributed by atoms with E-state index in [1.54, 1.807) is 6.92 Å². The van der Waals surface area contributed by atoms with E-state index < -0.39 is 9.84 Å². The van der Waals surface area contributed by atoms with E-state index in [0.717, 1.165) is 41.9 Å². The van der Waals surface area contributed by atoms with Crippen molar-refractivity contribution in [2.45, 2.75) is 56.2 Å². The minimum atomic E-state index is -3.33. The lowest BCUT2D eigenvalue weighted by molar-refractivity contribution is 0.0956. The van der Waals surface area contributed by atoms with E-state index in [9.17, 15) is 13.2 Å². The van der Waals surface area contributed by atoms with Gasteiger partial charge in [0.25, 0.3) is 5.91 Å². The maximum Gasteiger partial charge on any atom is 0.263 e. The average Bonchev–Trinajstić information content (AvgIpc) is 3.30. The smallest absolute Gasteiger partial charge is 0.263 e. The molecule has 24 heavy (non-hydrogen) atoms. The third-order valence-electron chi connectivity index (χ3n) is 5.63. The fourth-order valence-electron chi connectivity index (χ4n) is 4.28. The fourth-order valence-corrected chi connectivity index (χ4v) is 6.44. The number of nitrogens with zero attached hydrogens (tertiary/aromatic N) is 1. The predicted octanol–water partition coefficient (Wildman–Crippen LogP) is 3.27. The first-order valence-corrected chi connectivity index (χ1v) is 11.4. The number of carbonyl (C=O) groups excluding carboxylic acids is 1. The van der Waals surface area contributed by atoms with Gasteiger partial charge in [-0.3, -0.25) is 4.79 Å². The highest BCUT2D eigenvalue weighted by Crippen LogP contribution is 2.51. The standard InChI is InChI=1S/C17H26N2O3S2/c1-2-24(21,22)17-19-11-15(23-17)16(20)18-10-4-3-5-14-12-6-7-13(14)9-8-12/h11-14H,2-10H2,1H3,(H,18,20). The van der Waals surface area contributed by atoms with Crippen LogP contribution in [-0.2, 0) is 9.84 Å². The molecule has 1 amide bonds. The zero-order valence-electron chi connectivity index (χ0n) is 14.2. The van der Waals surface area contributed by atoms with Crippen LogP contribution in [0.25, 0.3) is 0 Å². The lowest BCUT2D eigenvalue weighted by Crippen LogP contribution is -2.23. The molecule has 0 atom stereocenters. The van der Waals surface area contributed by atoms with Crippen LogP contribution in [0, 0.1) is 17.8 Å². The Balaban J connectivity index is 1.38. The van der Waals surface area contributed by atoms with E-state index in [-0.39, 0.29) is 16.0 Å². The van der Waals surface area contributed by atoms with Gasteiger partial charge in [0.2, 0.25) is 14.2 Å². The quantitative estimate of drug-likeness (QED) is 0.713. The number of nitrogens with one attached hydrogen (secondary N) is 1. The molecular weight excluding hydrogens is 344 g/mol. The summed E-state index contributed by atoms with van der Waals surface area (Å²) in [5.74, 6) is 2.67. The molecule has 2 aliphatic carbocycles. The summed E-state index contributed by atoms with van der Waals surface area (Å²) >= 11 is 0.954. The van der Waals surface area contributed by atoms with Crippen molar-refractivity contribution in [3.63, 3.8) is 0 Å². The van der Waals surface area contributed by atoms with Crippen LogP contribution in [0.15, 0.2) is 10.5 Å². The second-order valence-electron chi connectivity index (χ2n) is 6.98. The van der Waals surface area contributed by atoms with Crippen LogP contribution in [0.4, 0.5) is 0 Å². The Hall–Kier alpha value is -0.950. The molecule has 1 heterocycles. The van der Waals surface area contributed by atoms with Gasteiger partial charge in [0.1, 0.15) is 4.88 Å². The maximum absolute atomic E-state index is 12.1. The van der Waals surface area contributed by atoms with E-state index >= 15 is 0 Å². The first kappa shape index (κ1) is 17.9. The molecule has 0 radical (unpaired) electrons. The summed E-state index contributed by atoms with van der Waals surface area (Å²) < 4.78 is 23.5.